The molecule has 2 heteroatoms. The lowest BCUT2D eigenvalue weighted by Crippen LogP contribution is -1.78. The van der Waals surface area contributed by atoms with Crippen LogP contribution in [-0.4, -0.2) is 11.1 Å². The van der Waals surface area contributed by atoms with Gasteiger partial charge in [0, 0.05) is 6.92 Å². The van der Waals surface area contributed by atoms with E-state index in [9.17, 15) is 0 Å². The van der Waals surface area contributed by atoms with E-state index in [-0.39, 0.29) is 0 Å². The van der Waals surface area contributed by atoms with E-state index >= 15 is 0 Å². The summed E-state index contributed by atoms with van der Waals surface area (Å²) in [6.45, 7) is 4.71. The van der Waals surface area contributed by atoms with E-state index in [2.05, 4.69) is 6.58 Å². The summed E-state index contributed by atoms with van der Waals surface area (Å²) in [6, 6.07) is 10.0. The Labute approximate surface area is 72.2 Å². The molecule has 0 aliphatic heterocycles. The molecular formula is C10H12O2. The van der Waals surface area contributed by atoms with Crippen LogP contribution in [0.3, 0.4) is 0 Å². The fraction of sp³-hybridized carbons (Fsp3) is 0.100. The Morgan fingerprint density at radius 3 is 2.08 bits per heavy atom. The number of benzene rings is 1. The van der Waals surface area contributed by atoms with E-state index < -0.39 is 5.97 Å². The minimum atomic E-state index is -0.833. The molecule has 0 atom stereocenters. The van der Waals surface area contributed by atoms with Crippen molar-refractivity contribution in [2.75, 3.05) is 0 Å². The first-order chi connectivity index (χ1) is 5.66. The molecule has 12 heavy (non-hydrogen) atoms. The number of hydrogen-bond acceptors (Lipinski definition) is 1. The maximum Gasteiger partial charge on any atom is 0.300 e. The Bertz CT molecular complexity index is 235. The number of carboxylic acids is 1. The van der Waals surface area contributed by atoms with Crippen molar-refractivity contribution in [3.63, 3.8) is 0 Å². The van der Waals surface area contributed by atoms with Crippen LogP contribution >= 0.6 is 0 Å². The second-order valence-corrected chi connectivity index (χ2v) is 2.13. The molecule has 0 saturated carbocycles. The second kappa shape index (κ2) is 6.16. The van der Waals surface area contributed by atoms with E-state index in [4.69, 9.17) is 9.90 Å². The van der Waals surface area contributed by atoms with Crippen LogP contribution in [-0.2, 0) is 4.79 Å². The summed E-state index contributed by atoms with van der Waals surface area (Å²) in [5.74, 6) is -0.833. The average molecular weight is 164 g/mol. The SMILES string of the molecule is C=Cc1ccccc1.CC(=O)O. The van der Waals surface area contributed by atoms with Crippen molar-refractivity contribution in [2.45, 2.75) is 6.92 Å². The van der Waals surface area contributed by atoms with Gasteiger partial charge in [0.2, 0.25) is 0 Å². The summed E-state index contributed by atoms with van der Waals surface area (Å²) < 4.78 is 0. The smallest absolute Gasteiger partial charge is 0.300 e. The quantitative estimate of drug-likeness (QED) is 0.692. The first-order valence-corrected chi connectivity index (χ1v) is 3.54. The summed E-state index contributed by atoms with van der Waals surface area (Å²) >= 11 is 0. The van der Waals surface area contributed by atoms with Crippen molar-refractivity contribution in [3.05, 3.63) is 42.5 Å². The highest BCUT2D eigenvalue weighted by molar-refractivity contribution is 5.62. The molecule has 0 aliphatic carbocycles. The van der Waals surface area contributed by atoms with E-state index in [0.29, 0.717) is 0 Å². The van der Waals surface area contributed by atoms with Crippen molar-refractivity contribution >= 4 is 12.0 Å². The molecule has 0 spiro atoms. The molecule has 2 nitrogen and oxygen atoms in total. The molecule has 0 unspecified atom stereocenters. The van der Waals surface area contributed by atoms with Gasteiger partial charge in [0.15, 0.2) is 0 Å². The molecule has 0 amide bonds. The molecule has 0 saturated heterocycles. The van der Waals surface area contributed by atoms with Gasteiger partial charge in [-0.05, 0) is 5.56 Å². The number of rotatable bonds is 1. The number of carbonyl (C=O) groups is 1. The van der Waals surface area contributed by atoms with Gasteiger partial charge in [-0.1, -0.05) is 43.0 Å². The summed E-state index contributed by atoms with van der Waals surface area (Å²) in [5, 5.41) is 7.42. The van der Waals surface area contributed by atoms with Crippen LogP contribution in [0.15, 0.2) is 36.9 Å². The maximum atomic E-state index is 9.00. The lowest BCUT2D eigenvalue weighted by atomic mass is 10.2. The summed E-state index contributed by atoms with van der Waals surface area (Å²) in [5.41, 5.74) is 1.17. The zero-order valence-corrected chi connectivity index (χ0v) is 7.03. The highest BCUT2D eigenvalue weighted by Crippen LogP contribution is 1.97. The third kappa shape index (κ3) is 6.55. The molecule has 0 radical (unpaired) electrons. The van der Waals surface area contributed by atoms with Crippen molar-refractivity contribution in [1.29, 1.82) is 0 Å². The lowest BCUT2D eigenvalue weighted by Gasteiger charge is -1.85. The van der Waals surface area contributed by atoms with Crippen LogP contribution in [0.5, 0.6) is 0 Å². The molecule has 0 aromatic heterocycles. The zero-order valence-electron chi connectivity index (χ0n) is 7.03. The van der Waals surface area contributed by atoms with E-state index in [0.717, 1.165) is 6.92 Å². The predicted molar refractivity (Wildman–Crippen MR) is 49.8 cm³/mol. The van der Waals surface area contributed by atoms with Crippen LogP contribution < -0.4 is 0 Å². The first-order valence-electron chi connectivity index (χ1n) is 3.54. The van der Waals surface area contributed by atoms with Crippen molar-refractivity contribution in [3.8, 4) is 0 Å². The topological polar surface area (TPSA) is 37.3 Å². The maximum absolute atomic E-state index is 9.00. The molecular weight excluding hydrogens is 152 g/mol. The fourth-order valence-electron chi connectivity index (χ4n) is 0.589. The van der Waals surface area contributed by atoms with Crippen LogP contribution in [0, 0.1) is 0 Å². The van der Waals surface area contributed by atoms with Gasteiger partial charge < -0.3 is 5.11 Å². The Balaban J connectivity index is 0.000000261. The van der Waals surface area contributed by atoms with Crippen molar-refractivity contribution in [1.82, 2.24) is 0 Å². The first kappa shape index (κ1) is 10.4. The minimum absolute atomic E-state index is 0.833. The monoisotopic (exact) mass is 164 g/mol. The number of aliphatic carboxylic acids is 1. The van der Waals surface area contributed by atoms with E-state index in [1.54, 1.807) is 0 Å². The van der Waals surface area contributed by atoms with Gasteiger partial charge in [-0.3, -0.25) is 4.79 Å². The van der Waals surface area contributed by atoms with Gasteiger partial charge in [0.05, 0.1) is 0 Å². The average Bonchev–Trinajstić information content (AvgIpc) is 2.05. The summed E-state index contributed by atoms with van der Waals surface area (Å²) in [6.07, 6.45) is 1.83. The highest BCUT2D eigenvalue weighted by Gasteiger charge is 1.75. The Morgan fingerprint density at radius 1 is 1.42 bits per heavy atom. The standard InChI is InChI=1S/C8H8.C2H4O2/c1-2-8-6-4-3-5-7-8;1-2(3)4/h2-7H,1H2;1H3,(H,3,4). The molecule has 0 bridgehead atoms. The van der Waals surface area contributed by atoms with Crippen LogP contribution in [0.4, 0.5) is 0 Å². The second-order valence-electron chi connectivity index (χ2n) is 2.13. The largest absolute Gasteiger partial charge is 0.481 e. The molecule has 0 fully saturated rings. The molecule has 1 aromatic rings. The van der Waals surface area contributed by atoms with E-state index in [1.807, 2.05) is 36.4 Å². The van der Waals surface area contributed by atoms with Gasteiger partial charge in [-0.15, -0.1) is 0 Å². The summed E-state index contributed by atoms with van der Waals surface area (Å²) in [7, 11) is 0. The summed E-state index contributed by atoms with van der Waals surface area (Å²) in [4.78, 5) is 9.00. The van der Waals surface area contributed by atoms with Gasteiger partial charge >= 0.3 is 0 Å². The zero-order chi connectivity index (χ0) is 9.40. The highest BCUT2D eigenvalue weighted by atomic mass is 16.4. The third-order valence-corrected chi connectivity index (χ3v) is 1.04. The lowest BCUT2D eigenvalue weighted by molar-refractivity contribution is -0.134. The Hall–Kier alpha value is -1.57. The molecule has 1 aromatic carbocycles. The molecule has 1 rings (SSSR count). The van der Waals surface area contributed by atoms with Crippen LogP contribution in [0.1, 0.15) is 12.5 Å². The number of carboxylic acid groups (broad SMARTS) is 1. The minimum Gasteiger partial charge on any atom is -0.481 e. The number of hydrogen-bond donors (Lipinski definition) is 1. The Morgan fingerprint density at radius 2 is 1.83 bits per heavy atom. The van der Waals surface area contributed by atoms with Crippen molar-refractivity contribution < 1.29 is 9.90 Å². The van der Waals surface area contributed by atoms with E-state index in [1.165, 1.54) is 5.56 Å². The van der Waals surface area contributed by atoms with Gasteiger partial charge in [0.25, 0.3) is 5.97 Å². The van der Waals surface area contributed by atoms with Crippen LogP contribution in [0.2, 0.25) is 0 Å². The normalized spacial score (nSPS) is 7.75. The predicted octanol–water partition coefficient (Wildman–Crippen LogP) is 2.42. The molecule has 1 N–H and O–H groups in total. The van der Waals surface area contributed by atoms with Crippen molar-refractivity contribution in [2.24, 2.45) is 0 Å². The van der Waals surface area contributed by atoms with Crippen LogP contribution in [0.25, 0.3) is 6.08 Å². The fourth-order valence-corrected chi connectivity index (χ4v) is 0.589. The molecule has 0 heterocycles. The molecule has 0 aliphatic rings. The van der Waals surface area contributed by atoms with Gasteiger partial charge in [-0.2, -0.15) is 0 Å². The van der Waals surface area contributed by atoms with Gasteiger partial charge in [0.1, 0.15) is 0 Å². The third-order valence-electron chi connectivity index (χ3n) is 1.04. The molecule has 64 valence electrons. The Kier molecular flexibility index (Phi) is 5.35. The van der Waals surface area contributed by atoms with Gasteiger partial charge in [-0.25, -0.2) is 0 Å².